The minimum atomic E-state index is -0.313. The molecule has 2 aliphatic heterocycles. The van der Waals surface area contributed by atoms with Gasteiger partial charge in [0.1, 0.15) is 24.7 Å². The van der Waals surface area contributed by atoms with E-state index in [1.165, 1.54) is 103 Å². The van der Waals surface area contributed by atoms with E-state index in [0.29, 0.717) is 61.1 Å². The highest BCUT2D eigenvalue weighted by atomic mass is 16.5. The van der Waals surface area contributed by atoms with Crippen LogP contribution in [0.25, 0.3) is 0 Å². The van der Waals surface area contributed by atoms with E-state index < -0.39 is 0 Å². The van der Waals surface area contributed by atoms with Crippen molar-refractivity contribution >= 4 is 29.4 Å². The highest BCUT2D eigenvalue weighted by Crippen LogP contribution is 2.69. The fourth-order valence-electron chi connectivity index (χ4n) is 16.3. The van der Waals surface area contributed by atoms with Crippen molar-refractivity contribution in [2.24, 2.45) is 46.3 Å². The van der Waals surface area contributed by atoms with Gasteiger partial charge in [-0.1, -0.05) is 179 Å². The number of hydrogen-bond donors (Lipinski definition) is 4. The van der Waals surface area contributed by atoms with Gasteiger partial charge in [0, 0.05) is 24.9 Å². The first kappa shape index (κ1) is 61.3. The third-order valence-electron chi connectivity index (χ3n) is 20.9. The summed E-state index contributed by atoms with van der Waals surface area (Å²) >= 11 is 0. The number of amides is 4. The van der Waals surface area contributed by atoms with Gasteiger partial charge in [0.2, 0.25) is 0 Å². The number of urea groups is 2. The summed E-state index contributed by atoms with van der Waals surface area (Å²) in [5.74, 6) is 2.69. The quantitative estimate of drug-likeness (QED) is 0.0402. The molecular weight excluding hydrogens is 995 g/mol. The molecule has 4 amide bonds. The third kappa shape index (κ3) is 16.1. The lowest BCUT2D eigenvalue weighted by Crippen LogP contribution is -2.68. The van der Waals surface area contributed by atoms with Crippen LogP contribution in [0.1, 0.15) is 212 Å². The van der Waals surface area contributed by atoms with Crippen LogP contribution < -0.4 is 30.7 Å². The van der Waals surface area contributed by atoms with Crippen LogP contribution in [0.15, 0.2) is 72.8 Å². The van der Waals surface area contributed by atoms with Crippen LogP contribution in [-0.4, -0.2) is 68.4 Å². The second-order valence-electron chi connectivity index (χ2n) is 27.1. The normalized spacial score (nSPS) is 28.0. The Morgan fingerprint density at radius 3 is 1.75 bits per heavy atom. The van der Waals surface area contributed by atoms with Gasteiger partial charge in [0.15, 0.2) is 0 Å². The Morgan fingerprint density at radius 2 is 1.19 bits per heavy atom. The van der Waals surface area contributed by atoms with E-state index in [1.807, 2.05) is 66.7 Å². The molecular formula is C69H106N5O6+. The lowest BCUT2D eigenvalue weighted by molar-refractivity contribution is -0.898. The number of unbranched alkanes of at least 4 members (excludes halogenated alkanes) is 17. The summed E-state index contributed by atoms with van der Waals surface area (Å²) in [4.78, 5) is 42.9. The summed E-state index contributed by atoms with van der Waals surface area (Å²) in [5, 5.41) is 13.9. The molecule has 0 aromatic heterocycles. The number of para-hydroxylation sites is 4. The topological polar surface area (TPSA) is 127 Å². The number of hydrogen-bond acceptors (Lipinski definition) is 6. The summed E-state index contributed by atoms with van der Waals surface area (Å²) in [5.41, 5.74) is 2.92. The highest BCUT2D eigenvalue weighted by Gasteiger charge is 2.67. The molecule has 9 rings (SSSR count). The van der Waals surface area contributed by atoms with Crippen molar-refractivity contribution in [1.29, 1.82) is 0 Å². The fourth-order valence-corrected chi connectivity index (χ4v) is 16.3. The molecule has 0 radical (unpaired) electrons. The summed E-state index contributed by atoms with van der Waals surface area (Å²) in [6.45, 7) is 10.7. The first-order valence-electron chi connectivity index (χ1n) is 32.3. The van der Waals surface area contributed by atoms with Crippen molar-refractivity contribution < 1.29 is 33.1 Å². The second-order valence-corrected chi connectivity index (χ2v) is 27.1. The van der Waals surface area contributed by atoms with Crippen molar-refractivity contribution in [2.45, 2.75) is 232 Å². The molecule has 3 aromatic rings. The molecule has 4 aliphatic carbocycles. The van der Waals surface area contributed by atoms with E-state index in [2.05, 4.69) is 76.2 Å². The number of anilines is 2. The maximum absolute atomic E-state index is 14.8. The van der Waals surface area contributed by atoms with Crippen LogP contribution in [-0.2, 0) is 22.7 Å². The number of esters is 1. The van der Waals surface area contributed by atoms with E-state index in [0.717, 1.165) is 79.8 Å². The van der Waals surface area contributed by atoms with Crippen LogP contribution in [0.5, 0.6) is 11.5 Å². The standard InChI is InChI=1S/C69H105N5O6/c1-8-9-10-11-12-13-14-15-16-17-18-19-20-21-22-23-24-29-43-78-64(75)40-37-50(2)55-38-39-56-65-57-47-63(69(55,56)4)73-67(77)71-59-34-26-28-36-62(59)80-49-52-32-30-31-51(44-52)48-79-61-35-27-25-33-58(61)70-66(76)72-60(65)46-53-45-54(74(5,6)7)41-42-68(53,57)3/h25-28,30-36,44,50,53-57,60,63,65H,8-24,29,37-43,45-49H2,1-7H3,(H3-,70,71,72,73,76,77)/p+1/t50-,53+,54-,55-,56+,57+,60-,63+,65+,68+,69-/m1/s1. The molecule has 4 fully saturated rings. The molecule has 0 unspecified atom stereocenters. The second kappa shape index (κ2) is 29.5. The largest absolute Gasteiger partial charge is 0.487 e. The maximum Gasteiger partial charge on any atom is 0.319 e. The van der Waals surface area contributed by atoms with E-state index >= 15 is 0 Å². The zero-order chi connectivity index (χ0) is 56.5. The number of fused-ring (bicyclic) bond motifs is 7. The molecule has 11 atom stereocenters. The molecule has 6 bridgehead atoms. The van der Waals surface area contributed by atoms with E-state index in [1.54, 1.807) is 0 Å². The zero-order valence-corrected chi connectivity index (χ0v) is 50.7. The van der Waals surface area contributed by atoms with E-state index in [9.17, 15) is 14.4 Å². The molecule has 11 heteroatoms. The number of carbonyl (C=O) groups is 3. The summed E-state index contributed by atoms with van der Waals surface area (Å²) in [7, 11) is 6.99. The monoisotopic (exact) mass is 1100 g/mol. The fraction of sp³-hybridized carbons (Fsp3) is 0.696. The Morgan fingerprint density at radius 1 is 0.650 bits per heavy atom. The Labute approximate surface area is 483 Å². The van der Waals surface area contributed by atoms with Gasteiger partial charge in [0.25, 0.3) is 0 Å². The smallest absolute Gasteiger partial charge is 0.319 e. The predicted molar refractivity (Wildman–Crippen MR) is 326 cm³/mol. The van der Waals surface area contributed by atoms with Gasteiger partial charge in [-0.25, -0.2) is 9.59 Å². The Balaban J connectivity index is 0.934. The molecule has 4 saturated carbocycles. The van der Waals surface area contributed by atoms with Crippen LogP contribution in [0.2, 0.25) is 0 Å². The molecule has 4 N–H and O–H groups in total. The third-order valence-corrected chi connectivity index (χ3v) is 20.9. The van der Waals surface area contributed by atoms with E-state index in [-0.39, 0.29) is 70.5 Å². The molecule has 6 aliphatic rings. The van der Waals surface area contributed by atoms with Crippen molar-refractivity contribution in [3.05, 3.63) is 83.9 Å². The Bertz CT molecular complexity index is 2420. The summed E-state index contributed by atoms with van der Waals surface area (Å²) in [6, 6.07) is 23.4. The van der Waals surface area contributed by atoms with Gasteiger partial charge in [-0.3, -0.25) is 4.79 Å². The van der Waals surface area contributed by atoms with E-state index in [4.69, 9.17) is 14.2 Å². The molecule has 0 spiro atoms. The number of nitrogens with zero attached hydrogens (tertiary/aromatic N) is 1. The summed E-state index contributed by atoms with van der Waals surface area (Å²) in [6.07, 6.45) is 32.2. The number of nitrogens with one attached hydrogen (secondary N) is 4. The molecule has 0 saturated heterocycles. The predicted octanol–water partition coefficient (Wildman–Crippen LogP) is 16.8. The average molecular weight is 1100 g/mol. The number of quaternary nitrogens is 1. The van der Waals surface area contributed by atoms with Crippen LogP contribution >= 0.6 is 0 Å². The Kier molecular flexibility index (Phi) is 22.6. The van der Waals surface area contributed by atoms with Gasteiger partial charge in [-0.2, -0.15) is 0 Å². The van der Waals surface area contributed by atoms with Gasteiger partial charge >= 0.3 is 18.0 Å². The minimum absolute atomic E-state index is 0.0344. The zero-order valence-electron chi connectivity index (χ0n) is 50.7. The van der Waals surface area contributed by atoms with Crippen molar-refractivity contribution in [3.63, 3.8) is 0 Å². The molecule has 11 nitrogen and oxygen atoms in total. The SMILES string of the molecule is CCCCCCCCCCCCCCCCCCCCOC(=O)CC[C@@H](C)[C@H]1CC[C@H]2[C@@H]3[C@H]4C[C@@H]5C[C@H]([N+](C)(C)C)CC[C@]5(C)[C@H]3C[C@H](NC(=O)Nc3ccccc3OCc3cccc(c3)COc3ccccc3NC(=O)N4)[C@]12C. The van der Waals surface area contributed by atoms with Crippen LogP contribution in [0.4, 0.5) is 21.0 Å². The molecule has 2 heterocycles. The molecule has 3 aromatic carbocycles. The lowest BCUT2D eigenvalue weighted by atomic mass is 9.42. The highest BCUT2D eigenvalue weighted by molar-refractivity contribution is 5.92. The Hall–Kier alpha value is -4.77. The maximum atomic E-state index is 14.8. The molecule has 80 heavy (non-hydrogen) atoms. The minimum Gasteiger partial charge on any atom is -0.487 e. The lowest BCUT2D eigenvalue weighted by Gasteiger charge is -2.65. The number of carbonyl (C=O) groups excluding carboxylic acids is 3. The van der Waals surface area contributed by atoms with Crippen molar-refractivity contribution in [2.75, 3.05) is 38.4 Å². The average Bonchev–Trinajstić information content (AvgIpc) is 3.94. The summed E-state index contributed by atoms with van der Waals surface area (Å²) < 4.78 is 19.7. The molecule has 442 valence electrons. The first-order valence-corrected chi connectivity index (χ1v) is 32.3. The van der Waals surface area contributed by atoms with Crippen LogP contribution in [0, 0.1) is 46.3 Å². The number of benzene rings is 3. The van der Waals surface area contributed by atoms with Gasteiger partial charge in [-0.15, -0.1) is 0 Å². The first-order chi connectivity index (χ1) is 38.7. The van der Waals surface area contributed by atoms with Crippen LogP contribution in [0.3, 0.4) is 0 Å². The van der Waals surface area contributed by atoms with Crippen molar-refractivity contribution in [3.8, 4) is 11.5 Å². The number of rotatable bonds is 24. The van der Waals surface area contributed by atoms with Crippen molar-refractivity contribution in [1.82, 2.24) is 10.6 Å². The van der Waals surface area contributed by atoms with Gasteiger partial charge in [0.05, 0.1) is 45.2 Å². The number of ether oxygens (including phenoxy) is 3. The van der Waals surface area contributed by atoms with Gasteiger partial charge in [-0.05, 0) is 139 Å². The van der Waals surface area contributed by atoms with Gasteiger partial charge < -0.3 is 40.0 Å².